The van der Waals surface area contributed by atoms with Crippen molar-refractivity contribution < 1.29 is 8.42 Å². The Kier molecular flexibility index (Phi) is 4.15. The van der Waals surface area contributed by atoms with Crippen LogP contribution in [0.1, 0.15) is 11.4 Å². The van der Waals surface area contributed by atoms with Gasteiger partial charge in [0.15, 0.2) is 9.84 Å². The molecule has 0 aliphatic rings. The lowest BCUT2D eigenvalue weighted by atomic mass is 10.1. The maximum absolute atomic E-state index is 11.5. The van der Waals surface area contributed by atoms with Crippen LogP contribution in [0, 0.1) is 11.8 Å². The number of hydrogen-bond acceptors (Lipinski definition) is 5. The predicted molar refractivity (Wildman–Crippen MR) is 89.8 cm³/mol. The Morgan fingerprint density at radius 2 is 1.75 bits per heavy atom. The molecule has 0 aliphatic carbocycles. The van der Waals surface area contributed by atoms with Gasteiger partial charge in [0.2, 0.25) is 0 Å². The summed E-state index contributed by atoms with van der Waals surface area (Å²) in [6, 6.07) is 6.53. The molecule has 2 heterocycles. The topological polar surface area (TPSA) is 77.7 Å². The summed E-state index contributed by atoms with van der Waals surface area (Å²) >= 11 is 0. The second-order valence-corrected chi connectivity index (χ2v) is 7.24. The van der Waals surface area contributed by atoms with E-state index in [0.29, 0.717) is 11.4 Å². The van der Waals surface area contributed by atoms with Crippen molar-refractivity contribution in [1.29, 1.82) is 0 Å². The molecule has 0 N–H and O–H groups in total. The molecular weight excluding hydrogens is 324 g/mol. The average molecular weight is 338 g/mol. The molecular formula is C17H14N4O2S. The number of rotatable bonds is 2. The molecule has 0 radical (unpaired) electrons. The molecule has 0 atom stereocenters. The summed E-state index contributed by atoms with van der Waals surface area (Å²) in [4.78, 5) is 12.9. The Hall–Kier alpha value is -2.98. The molecule has 3 rings (SSSR count). The second-order valence-electron chi connectivity index (χ2n) is 5.23. The summed E-state index contributed by atoms with van der Waals surface area (Å²) in [6.45, 7) is 0. The largest absolute Gasteiger partial charge is 0.327 e. The van der Waals surface area contributed by atoms with Gasteiger partial charge in [-0.1, -0.05) is 12.1 Å². The fourth-order valence-electron chi connectivity index (χ4n) is 2.04. The van der Waals surface area contributed by atoms with Crippen molar-refractivity contribution in [2.75, 3.05) is 6.26 Å². The molecule has 1 aromatic carbocycles. The third-order valence-corrected chi connectivity index (χ3v) is 4.48. The Bertz CT molecular complexity index is 1040. The van der Waals surface area contributed by atoms with Gasteiger partial charge in [-0.25, -0.2) is 18.4 Å². The zero-order chi connectivity index (χ0) is 17.2. The normalized spacial score (nSPS) is 10.9. The number of nitrogens with zero attached hydrogens (tertiary/aromatic N) is 4. The van der Waals surface area contributed by atoms with E-state index < -0.39 is 9.84 Å². The molecule has 0 bridgehead atoms. The van der Waals surface area contributed by atoms with Crippen LogP contribution in [0.15, 0.2) is 54.1 Å². The first kappa shape index (κ1) is 15.9. The van der Waals surface area contributed by atoms with E-state index in [1.54, 1.807) is 49.2 Å². The highest BCUT2D eigenvalue weighted by Gasteiger charge is 2.07. The first-order valence-corrected chi connectivity index (χ1v) is 8.93. The van der Waals surface area contributed by atoms with Gasteiger partial charge in [0, 0.05) is 18.9 Å². The predicted octanol–water partition coefficient (Wildman–Crippen LogP) is 1.68. The fourth-order valence-corrected chi connectivity index (χ4v) is 2.67. The Morgan fingerprint density at radius 3 is 2.38 bits per heavy atom. The molecule has 6 nitrogen and oxygen atoms in total. The Balaban J connectivity index is 1.91. The van der Waals surface area contributed by atoms with Crippen LogP contribution in [0.2, 0.25) is 0 Å². The molecule has 0 unspecified atom stereocenters. The summed E-state index contributed by atoms with van der Waals surface area (Å²) in [6.07, 6.45) is 7.72. The molecule has 2 aromatic heterocycles. The van der Waals surface area contributed by atoms with Crippen LogP contribution in [-0.4, -0.2) is 34.2 Å². The van der Waals surface area contributed by atoms with Gasteiger partial charge in [-0.05, 0) is 24.0 Å². The lowest BCUT2D eigenvalue weighted by Gasteiger charge is -2.02. The summed E-state index contributed by atoms with van der Waals surface area (Å²) in [5.74, 6) is 5.94. The number of imidazole rings is 1. The molecule has 0 spiro atoms. The van der Waals surface area contributed by atoms with Crippen molar-refractivity contribution in [3.05, 3.63) is 60.6 Å². The van der Waals surface area contributed by atoms with E-state index in [1.165, 1.54) is 6.26 Å². The summed E-state index contributed by atoms with van der Waals surface area (Å²) in [7, 11) is -1.35. The zero-order valence-corrected chi connectivity index (χ0v) is 13.9. The molecule has 0 saturated heterocycles. The number of aromatic nitrogens is 4. The molecule has 0 fully saturated rings. The number of hydrogen-bond donors (Lipinski definition) is 0. The van der Waals surface area contributed by atoms with E-state index in [-0.39, 0.29) is 4.90 Å². The Labute approximate surface area is 140 Å². The van der Waals surface area contributed by atoms with Gasteiger partial charge in [0.05, 0.1) is 35.5 Å². The lowest BCUT2D eigenvalue weighted by molar-refractivity contribution is 0.602. The van der Waals surface area contributed by atoms with Gasteiger partial charge in [0.1, 0.15) is 11.4 Å². The van der Waals surface area contributed by atoms with Crippen molar-refractivity contribution in [1.82, 2.24) is 19.5 Å². The van der Waals surface area contributed by atoms with Crippen LogP contribution in [0.5, 0.6) is 0 Å². The Morgan fingerprint density at radius 1 is 1.00 bits per heavy atom. The zero-order valence-electron chi connectivity index (χ0n) is 13.1. The third-order valence-electron chi connectivity index (χ3n) is 3.35. The van der Waals surface area contributed by atoms with Crippen LogP contribution in [0.4, 0.5) is 0 Å². The second kappa shape index (κ2) is 6.26. The van der Waals surface area contributed by atoms with E-state index >= 15 is 0 Å². The van der Waals surface area contributed by atoms with E-state index in [2.05, 4.69) is 26.8 Å². The van der Waals surface area contributed by atoms with E-state index in [9.17, 15) is 8.42 Å². The van der Waals surface area contributed by atoms with Crippen molar-refractivity contribution in [3.63, 3.8) is 0 Å². The highest BCUT2D eigenvalue weighted by molar-refractivity contribution is 7.90. The first-order chi connectivity index (χ1) is 11.4. The standard InChI is InChI=1S/C17H14N4O2S/c1-21-12-19-10-15(21)6-5-14-9-18-11-17(20-14)13-3-7-16(8-4-13)24(2,22)23/h3-4,7-12H,1-2H3. The summed E-state index contributed by atoms with van der Waals surface area (Å²) in [5.41, 5.74) is 2.71. The fraction of sp³-hybridized carbons (Fsp3) is 0.118. The number of sulfone groups is 1. The van der Waals surface area contributed by atoms with Crippen molar-refractivity contribution in [2.45, 2.75) is 4.90 Å². The maximum Gasteiger partial charge on any atom is 0.175 e. The van der Waals surface area contributed by atoms with Crippen LogP contribution in [-0.2, 0) is 16.9 Å². The smallest absolute Gasteiger partial charge is 0.175 e. The maximum atomic E-state index is 11.5. The highest BCUT2D eigenvalue weighted by atomic mass is 32.2. The monoisotopic (exact) mass is 338 g/mol. The molecule has 0 aliphatic heterocycles. The van der Waals surface area contributed by atoms with E-state index in [4.69, 9.17) is 0 Å². The molecule has 0 amide bonds. The number of aryl methyl sites for hydroxylation is 1. The van der Waals surface area contributed by atoms with Crippen LogP contribution < -0.4 is 0 Å². The molecule has 3 aromatic rings. The summed E-state index contributed by atoms with van der Waals surface area (Å²) < 4.78 is 24.8. The minimum atomic E-state index is -3.21. The van der Waals surface area contributed by atoms with E-state index in [0.717, 1.165) is 11.3 Å². The van der Waals surface area contributed by atoms with Gasteiger partial charge in [0.25, 0.3) is 0 Å². The van der Waals surface area contributed by atoms with Gasteiger partial charge < -0.3 is 4.57 Å². The molecule has 120 valence electrons. The van der Waals surface area contributed by atoms with Gasteiger partial charge in [-0.15, -0.1) is 0 Å². The van der Waals surface area contributed by atoms with E-state index in [1.807, 2.05) is 11.6 Å². The average Bonchev–Trinajstić information content (AvgIpc) is 2.98. The first-order valence-electron chi connectivity index (χ1n) is 7.04. The molecule has 7 heteroatoms. The quantitative estimate of drug-likeness (QED) is 0.664. The van der Waals surface area contributed by atoms with Crippen molar-refractivity contribution in [2.24, 2.45) is 7.05 Å². The summed E-state index contributed by atoms with van der Waals surface area (Å²) in [5, 5.41) is 0. The molecule has 24 heavy (non-hydrogen) atoms. The van der Waals surface area contributed by atoms with Crippen LogP contribution in [0.25, 0.3) is 11.3 Å². The van der Waals surface area contributed by atoms with Gasteiger partial charge >= 0.3 is 0 Å². The van der Waals surface area contributed by atoms with Crippen molar-refractivity contribution in [3.8, 4) is 23.1 Å². The number of benzene rings is 1. The molecule has 0 saturated carbocycles. The van der Waals surface area contributed by atoms with Gasteiger partial charge in [-0.2, -0.15) is 0 Å². The lowest BCUT2D eigenvalue weighted by Crippen LogP contribution is -1.97. The highest BCUT2D eigenvalue weighted by Crippen LogP contribution is 2.19. The van der Waals surface area contributed by atoms with Crippen LogP contribution >= 0.6 is 0 Å². The minimum absolute atomic E-state index is 0.270. The minimum Gasteiger partial charge on any atom is -0.327 e. The van der Waals surface area contributed by atoms with Gasteiger partial charge in [-0.3, -0.25) is 4.98 Å². The SMILES string of the molecule is Cn1cncc1C#Cc1cncc(-c2ccc(S(C)(=O)=O)cc2)n1. The van der Waals surface area contributed by atoms with Crippen molar-refractivity contribution >= 4 is 9.84 Å². The third kappa shape index (κ3) is 3.50. The van der Waals surface area contributed by atoms with Crippen LogP contribution in [0.3, 0.4) is 0 Å².